The zero-order chi connectivity index (χ0) is 21.5. The first-order chi connectivity index (χ1) is 15.2. The predicted molar refractivity (Wildman–Crippen MR) is 121 cm³/mol. The Morgan fingerprint density at radius 2 is 2.00 bits per heavy atom. The van der Waals surface area contributed by atoms with Gasteiger partial charge in [0.25, 0.3) is 5.91 Å². The van der Waals surface area contributed by atoms with Crippen LogP contribution in [0.1, 0.15) is 27.7 Å². The summed E-state index contributed by atoms with van der Waals surface area (Å²) in [5.41, 5.74) is 3.58. The second kappa shape index (κ2) is 10.5. The van der Waals surface area contributed by atoms with Gasteiger partial charge >= 0.3 is 0 Å². The molecule has 4 rings (SSSR count). The van der Waals surface area contributed by atoms with Crippen LogP contribution in [0.15, 0.2) is 60.7 Å². The number of para-hydroxylation sites is 1. The summed E-state index contributed by atoms with van der Waals surface area (Å²) in [7, 11) is 1.62. The van der Waals surface area contributed by atoms with Crippen molar-refractivity contribution >= 4 is 16.8 Å². The summed E-state index contributed by atoms with van der Waals surface area (Å²) in [6, 6.07) is 20.2. The van der Waals surface area contributed by atoms with E-state index in [0.29, 0.717) is 25.3 Å². The molecule has 1 aliphatic heterocycles. The Morgan fingerprint density at radius 1 is 1.19 bits per heavy atom. The predicted octanol–water partition coefficient (Wildman–Crippen LogP) is 3.23. The van der Waals surface area contributed by atoms with Crippen LogP contribution in [-0.4, -0.2) is 62.3 Å². The highest BCUT2D eigenvalue weighted by molar-refractivity contribution is 6.06. The van der Waals surface area contributed by atoms with Gasteiger partial charge in [-0.3, -0.25) is 9.69 Å². The van der Waals surface area contributed by atoms with Gasteiger partial charge in [-0.05, 0) is 24.1 Å². The zero-order valence-electron chi connectivity index (χ0n) is 17.9. The molecule has 0 unspecified atom stereocenters. The van der Waals surface area contributed by atoms with Crippen molar-refractivity contribution in [1.82, 2.24) is 15.2 Å². The Kier molecular flexibility index (Phi) is 7.25. The van der Waals surface area contributed by atoms with Crippen molar-refractivity contribution in [2.24, 2.45) is 0 Å². The van der Waals surface area contributed by atoms with E-state index in [4.69, 9.17) is 14.5 Å². The Bertz CT molecular complexity index is 1010. The topological polar surface area (TPSA) is 63.7 Å². The second-order valence-electron chi connectivity index (χ2n) is 7.76. The summed E-state index contributed by atoms with van der Waals surface area (Å²) in [5.74, 6) is -0.117. The highest BCUT2D eigenvalue weighted by atomic mass is 16.5. The number of hydrogen-bond acceptors (Lipinski definition) is 5. The first-order valence-electron chi connectivity index (χ1n) is 10.8. The Labute approximate surface area is 183 Å². The number of methoxy groups -OCH3 is 1. The van der Waals surface area contributed by atoms with Gasteiger partial charge < -0.3 is 14.8 Å². The van der Waals surface area contributed by atoms with E-state index < -0.39 is 0 Å². The standard InChI is InChI=1S/C25H29N3O3/c1-30-15-12-26-25(29)21-17-23(27-22-10-6-5-9-20(21)22)24-18-28(14-16-31-24)13-11-19-7-3-2-4-8-19/h2-10,17,24H,11-16,18H2,1H3,(H,26,29)/t24-/m1/s1. The fraction of sp³-hybridized carbons (Fsp3) is 0.360. The second-order valence-corrected chi connectivity index (χ2v) is 7.76. The summed E-state index contributed by atoms with van der Waals surface area (Å²) in [5, 5.41) is 3.77. The minimum absolute atomic E-state index is 0.117. The molecule has 0 spiro atoms. The highest BCUT2D eigenvalue weighted by Gasteiger charge is 2.25. The zero-order valence-corrected chi connectivity index (χ0v) is 17.9. The maximum Gasteiger partial charge on any atom is 0.252 e. The number of aromatic nitrogens is 1. The van der Waals surface area contributed by atoms with Crippen LogP contribution in [-0.2, 0) is 15.9 Å². The van der Waals surface area contributed by atoms with E-state index in [9.17, 15) is 4.79 Å². The molecular formula is C25H29N3O3. The average molecular weight is 420 g/mol. The smallest absolute Gasteiger partial charge is 0.252 e. The first-order valence-corrected chi connectivity index (χ1v) is 10.8. The van der Waals surface area contributed by atoms with Crippen LogP contribution in [0.25, 0.3) is 10.9 Å². The van der Waals surface area contributed by atoms with Crippen molar-refractivity contribution in [2.75, 3.05) is 46.5 Å². The molecule has 0 saturated carbocycles. The fourth-order valence-electron chi connectivity index (χ4n) is 3.93. The molecule has 1 N–H and O–H groups in total. The van der Waals surface area contributed by atoms with Crippen molar-refractivity contribution in [1.29, 1.82) is 0 Å². The summed E-state index contributed by atoms with van der Waals surface area (Å²) < 4.78 is 11.1. The van der Waals surface area contributed by atoms with Gasteiger partial charge in [-0.2, -0.15) is 0 Å². The van der Waals surface area contributed by atoms with E-state index in [-0.39, 0.29) is 12.0 Å². The number of carbonyl (C=O) groups excluding carboxylic acids is 1. The van der Waals surface area contributed by atoms with Crippen LogP contribution in [0, 0.1) is 0 Å². The van der Waals surface area contributed by atoms with Gasteiger partial charge in [-0.1, -0.05) is 48.5 Å². The molecule has 1 aromatic heterocycles. The molecule has 31 heavy (non-hydrogen) atoms. The minimum Gasteiger partial charge on any atom is -0.383 e. The van der Waals surface area contributed by atoms with E-state index in [1.165, 1.54) is 5.56 Å². The Morgan fingerprint density at radius 3 is 2.84 bits per heavy atom. The van der Waals surface area contributed by atoms with Crippen molar-refractivity contribution in [3.8, 4) is 0 Å². The van der Waals surface area contributed by atoms with Gasteiger partial charge in [0, 0.05) is 38.7 Å². The lowest BCUT2D eigenvalue weighted by atomic mass is 10.0. The number of fused-ring (bicyclic) bond motifs is 1. The number of rotatable bonds is 8. The van der Waals surface area contributed by atoms with Gasteiger partial charge in [0.1, 0.15) is 6.10 Å². The first kappa shape index (κ1) is 21.4. The van der Waals surface area contributed by atoms with Crippen LogP contribution in [0.5, 0.6) is 0 Å². The van der Waals surface area contributed by atoms with Gasteiger partial charge in [-0.25, -0.2) is 4.98 Å². The van der Waals surface area contributed by atoms with Crippen molar-refractivity contribution in [3.63, 3.8) is 0 Å². The minimum atomic E-state index is -0.153. The van der Waals surface area contributed by atoms with Crippen LogP contribution >= 0.6 is 0 Å². The lowest BCUT2D eigenvalue weighted by molar-refractivity contribution is -0.0315. The summed E-state index contributed by atoms with van der Waals surface area (Å²) in [6.07, 6.45) is 0.853. The number of ether oxygens (including phenoxy) is 2. The van der Waals surface area contributed by atoms with Crippen LogP contribution in [0.2, 0.25) is 0 Å². The fourth-order valence-corrected chi connectivity index (χ4v) is 3.93. The quantitative estimate of drug-likeness (QED) is 0.568. The summed E-state index contributed by atoms with van der Waals surface area (Å²) >= 11 is 0. The third-order valence-corrected chi connectivity index (χ3v) is 5.61. The lowest BCUT2D eigenvalue weighted by Gasteiger charge is -2.33. The number of hydrogen-bond donors (Lipinski definition) is 1. The molecule has 2 heterocycles. The molecule has 1 aliphatic rings. The molecule has 1 atom stereocenters. The molecule has 6 heteroatoms. The lowest BCUT2D eigenvalue weighted by Crippen LogP contribution is -2.39. The third-order valence-electron chi connectivity index (χ3n) is 5.61. The SMILES string of the molecule is COCCNC(=O)c1cc([C@H]2CN(CCc3ccccc3)CCO2)nc2ccccc12. The van der Waals surface area contributed by atoms with E-state index >= 15 is 0 Å². The number of carbonyl (C=O) groups is 1. The van der Waals surface area contributed by atoms with Crippen molar-refractivity contribution in [3.05, 3.63) is 77.5 Å². The molecule has 1 fully saturated rings. The largest absolute Gasteiger partial charge is 0.383 e. The summed E-state index contributed by atoms with van der Waals surface area (Å²) in [4.78, 5) is 20.1. The number of benzene rings is 2. The molecule has 3 aromatic rings. The number of morpholine rings is 1. The normalized spacial score (nSPS) is 17.0. The van der Waals surface area contributed by atoms with E-state index in [1.54, 1.807) is 7.11 Å². The number of pyridine rings is 1. The van der Waals surface area contributed by atoms with Crippen LogP contribution in [0.3, 0.4) is 0 Å². The van der Waals surface area contributed by atoms with E-state index in [0.717, 1.165) is 42.7 Å². The monoisotopic (exact) mass is 419 g/mol. The Hall–Kier alpha value is -2.80. The van der Waals surface area contributed by atoms with E-state index in [1.807, 2.05) is 36.4 Å². The number of amides is 1. The molecule has 0 radical (unpaired) electrons. The molecule has 2 aromatic carbocycles. The number of nitrogens with zero attached hydrogens (tertiary/aromatic N) is 2. The molecule has 0 bridgehead atoms. The summed E-state index contributed by atoms with van der Waals surface area (Å²) in [6.45, 7) is 4.24. The third kappa shape index (κ3) is 5.47. The van der Waals surface area contributed by atoms with E-state index in [2.05, 4.69) is 34.5 Å². The van der Waals surface area contributed by atoms with Crippen LogP contribution < -0.4 is 5.32 Å². The van der Waals surface area contributed by atoms with Crippen molar-refractivity contribution < 1.29 is 14.3 Å². The molecule has 0 aliphatic carbocycles. The molecule has 1 amide bonds. The van der Waals surface area contributed by atoms with Gasteiger partial charge in [-0.15, -0.1) is 0 Å². The average Bonchev–Trinajstić information content (AvgIpc) is 2.83. The van der Waals surface area contributed by atoms with Crippen molar-refractivity contribution in [2.45, 2.75) is 12.5 Å². The highest BCUT2D eigenvalue weighted by Crippen LogP contribution is 2.26. The maximum absolute atomic E-state index is 12.8. The van der Waals surface area contributed by atoms with Gasteiger partial charge in [0.05, 0.1) is 30.0 Å². The Balaban J connectivity index is 1.51. The molecule has 6 nitrogen and oxygen atoms in total. The van der Waals surface area contributed by atoms with Crippen LogP contribution in [0.4, 0.5) is 0 Å². The maximum atomic E-state index is 12.8. The van der Waals surface area contributed by atoms with Gasteiger partial charge in [0.2, 0.25) is 0 Å². The van der Waals surface area contributed by atoms with Gasteiger partial charge in [0.15, 0.2) is 0 Å². The molecule has 1 saturated heterocycles. The number of nitrogens with one attached hydrogen (secondary N) is 1. The molecular weight excluding hydrogens is 390 g/mol. The molecule has 162 valence electrons.